The summed E-state index contributed by atoms with van der Waals surface area (Å²) in [5, 5.41) is 6.85. The smallest absolute Gasteiger partial charge is 0.0352 e. The average molecular weight is 827 g/mol. The molecule has 312 valence electrons. The molecule has 0 radical (unpaired) electrons. The molecule has 1 heteroatoms. The van der Waals surface area contributed by atoms with Crippen LogP contribution in [-0.2, 0) is 6.42 Å². The second-order valence-corrected chi connectivity index (χ2v) is 16.8. The van der Waals surface area contributed by atoms with Crippen LogP contribution in [0.3, 0.4) is 0 Å². The molecule has 9 aromatic rings. The van der Waals surface area contributed by atoms with Gasteiger partial charge in [0, 0.05) is 15.0 Å². The van der Waals surface area contributed by atoms with Crippen LogP contribution in [0.15, 0.2) is 202 Å². The average Bonchev–Trinajstić information content (AvgIpc) is 3.68. The topological polar surface area (TPSA) is 0 Å². The van der Waals surface area contributed by atoms with Gasteiger partial charge < -0.3 is 0 Å². The molecule has 0 atom stereocenters. The van der Waals surface area contributed by atoms with E-state index in [1.54, 1.807) is 4.88 Å². The minimum absolute atomic E-state index is 1.19. The lowest BCUT2D eigenvalue weighted by Gasteiger charge is -2.10. The summed E-state index contributed by atoms with van der Waals surface area (Å²) in [6.45, 7) is 24.9. The van der Waals surface area contributed by atoms with Crippen LogP contribution in [0.25, 0.3) is 54.4 Å². The first-order valence-corrected chi connectivity index (χ1v) is 22.3. The van der Waals surface area contributed by atoms with Gasteiger partial charge in [-0.2, -0.15) is 0 Å². The highest BCUT2D eigenvalue weighted by molar-refractivity contribution is 7.19. The van der Waals surface area contributed by atoms with Crippen molar-refractivity contribution >= 4 is 54.6 Å². The van der Waals surface area contributed by atoms with E-state index in [9.17, 15) is 0 Å². The molecule has 1 aliphatic carbocycles. The van der Waals surface area contributed by atoms with Gasteiger partial charge in [0.25, 0.3) is 0 Å². The molecule has 8 aromatic carbocycles. The molecule has 0 aliphatic heterocycles. The molecule has 1 aliphatic rings. The van der Waals surface area contributed by atoms with Gasteiger partial charge in [-0.05, 0) is 134 Å². The summed E-state index contributed by atoms with van der Waals surface area (Å²) in [5.41, 5.74) is 14.7. The van der Waals surface area contributed by atoms with Gasteiger partial charge in [0.1, 0.15) is 0 Å². The van der Waals surface area contributed by atoms with E-state index in [2.05, 4.69) is 214 Å². The van der Waals surface area contributed by atoms with E-state index in [1.807, 2.05) is 53.8 Å². The Morgan fingerprint density at radius 1 is 0.452 bits per heavy atom. The number of allylic oxidation sites excluding steroid dienone is 2. The second-order valence-electron chi connectivity index (χ2n) is 15.7. The molecular weight excluding hydrogens is 765 g/mol. The first-order valence-electron chi connectivity index (χ1n) is 21.5. The first kappa shape index (κ1) is 46.5. The van der Waals surface area contributed by atoms with E-state index >= 15 is 0 Å². The van der Waals surface area contributed by atoms with Crippen LogP contribution in [0.5, 0.6) is 0 Å². The van der Waals surface area contributed by atoms with Crippen molar-refractivity contribution < 1.29 is 0 Å². The Bertz CT molecular complexity index is 2820. The van der Waals surface area contributed by atoms with Crippen LogP contribution < -0.4 is 0 Å². The predicted molar refractivity (Wildman–Crippen MR) is 280 cm³/mol. The number of aryl methyl sites for hydroxylation is 7. The van der Waals surface area contributed by atoms with Crippen molar-refractivity contribution in [1.29, 1.82) is 0 Å². The number of benzene rings is 8. The van der Waals surface area contributed by atoms with Crippen LogP contribution in [0.2, 0.25) is 0 Å². The lowest BCUT2D eigenvalue weighted by molar-refractivity contribution is 1.00. The standard InChI is InChI=1S/C16H16.C15H12.C14H14S.2C7H8.C2H4/c1-4-14-10-9-12(2)11-16(14)15-8-6-5-7-13(15)3;1-11-10-12-6-2-3-8-14(12)15-9-5-4-7-13(11)15;1-9-6-7-12-11(8-9)14-10(2)4-3-5-13(14)15-12;2*1-7-5-3-2-4-6-7;1-2/h4-11H,1H2,2-3H3;2-10H,1H3;4,6-8H,3,5H2,1-2H3;2*2-6H,1H3;1-2H2. The minimum atomic E-state index is 1.19. The van der Waals surface area contributed by atoms with Crippen LogP contribution in [-0.4, -0.2) is 0 Å². The van der Waals surface area contributed by atoms with Crippen molar-refractivity contribution in [2.75, 3.05) is 0 Å². The highest BCUT2D eigenvalue weighted by Crippen LogP contribution is 2.39. The fourth-order valence-electron chi connectivity index (χ4n) is 7.66. The number of hydrogen-bond donors (Lipinski definition) is 0. The van der Waals surface area contributed by atoms with Gasteiger partial charge in [0.2, 0.25) is 0 Å². The van der Waals surface area contributed by atoms with Gasteiger partial charge in [-0.25, -0.2) is 0 Å². The van der Waals surface area contributed by atoms with Gasteiger partial charge in [-0.3, -0.25) is 0 Å². The maximum absolute atomic E-state index is 3.88. The normalized spacial score (nSPS) is 11.0. The third kappa shape index (κ3) is 12.5. The molecule has 0 amide bonds. The van der Waals surface area contributed by atoms with Gasteiger partial charge in [0.15, 0.2) is 0 Å². The van der Waals surface area contributed by atoms with Crippen molar-refractivity contribution in [3.05, 3.63) is 251 Å². The molecular formula is C61H62S. The van der Waals surface area contributed by atoms with Crippen molar-refractivity contribution in [2.24, 2.45) is 0 Å². The fraction of sp³-hybridized carbons (Fsp3) is 0.148. The summed E-state index contributed by atoms with van der Waals surface area (Å²) in [6, 6.07) is 61.7. The van der Waals surface area contributed by atoms with Crippen molar-refractivity contribution in [3.8, 4) is 11.1 Å². The first-order chi connectivity index (χ1) is 30.1. The second kappa shape index (κ2) is 23.5. The zero-order valence-corrected chi connectivity index (χ0v) is 38.7. The van der Waals surface area contributed by atoms with E-state index in [-0.39, 0.29) is 0 Å². The molecule has 1 aromatic heterocycles. The Labute approximate surface area is 376 Å². The van der Waals surface area contributed by atoms with Gasteiger partial charge in [0.05, 0.1) is 0 Å². The highest BCUT2D eigenvalue weighted by atomic mass is 32.1. The maximum Gasteiger partial charge on any atom is 0.0352 e. The molecule has 0 nitrogen and oxygen atoms in total. The van der Waals surface area contributed by atoms with Crippen LogP contribution in [0.1, 0.15) is 62.7 Å². The summed E-state index contributed by atoms with van der Waals surface area (Å²) in [5.74, 6) is 0. The maximum atomic E-state index is 3.88. The van der Waals surface area contributed by atoms with E-state index in [0.29, 0.717) is 0 Å². The predicted octanol–water partition coefficient (Wildman–Crippen LogP) is 18.3. The number of hydrogen-bond acceptors (Lipinski definition) is 1. The fourth-order valence-corrected chi connectivity index (χ4v) is 8.92. The lowest BCUT2D eigenvalue weighted by atomic mass is 9.94. The number of thiophene rings is 1. The van der Waals surface area contributed by atoms with E-state index in [4.69, 9.17) is 0 Å². The van der Waals surface area contributed by atoms with Gasteiger partial charge in [-0.15, -0.1) is 24.5 Å². The summed E-state index contributed by atoms with van der Waals surface area (Å²) in [7, 11) is 0. The molecule has 1 heterocycles. The lowest BCUT2D eigenvalue weighted by Crippen LogP contribution is -1.92. The molecule has 0 spiro atoms. The Morgan fingerprint density at radius 2 is 1.00 bits per heavy atom. The Balaban J connectivity index is 0.000000150. The van der Waals surface area contributed by atoms with Crippen molar-refractivity contribution in [3.63, 3.8) is 0 Å². The third-order valence-corrected chi connectivity index (χ3v) is 12.1. The largest absolute Gasteiger partial charge is 0.140 e. The minimum Gasteiger partial charge on any atom is -0.140 e. The SMILES string of the molecule is C=C.C=Cc1ccc(C)cc1-c1ccccc1C.CC1=CCCc2sc3ccc(C)cc3c21.Cc1cc2ccccc2c2ccccc12.Cc1ccccc1.Cc1ccccc1. The quantitative estimate of drug-likeness (QED) is 0.120. The zero-order chi connectivity index (χ0) is 44.4. The van der Waals surface area contributed by atoms with E-state index in [1.165, 1.54) is 106 Å². The molecule has 10 rings (SSSR count). The Hall–Kier alpha value is -6.54. The van der Waals surface area contributed by atoms with E-state index in [0.717, 1.165) is 0 Å². The molecule has 0 fully saturated rings. The monoisotopic (exact) mass is 826 g/mol. The Kier molecular flexibility index (Phi) is 17.6. The number of fused-ring (bicyclic) bond motifs is 6. The van der Waals surface area contributed by atoms with Crippen LogP contribution in [0.4, 0.5) is 0 Å². The van der Waals surface area contributed by atoms with Gasteiger partial charge >= 0.3 is 0 Å². The molecule has 0 saturated carbocycles. The summed E-state index contributed by atoms with van der Waals surface area (Å²) >= 11 is 1.97. The van der Waals surface area contributed by atoms with Crippen LogP contribution >= 0.6 is 11.3 Å². The zero-order valence-electron chi connectivity index (χ0n) is 37.8. The highest BCUT2D eigenvalue weighted by Gasteiger charge is 2.16. The summed E-state index contributed by atoms with van der Waals surface area (Å²) in [6.07, 6.45) is 6.73. The molecule has 0 unspecified atom stereocenters. The molecule has 0 N–H and O–H groups in total. The third-order valence-electron chi connectivity index (χ3n) is 10.9. The Morgan fingerprint density at radius 3 is 1.61 bits per heavy atom. The molecule has 0 bridgehead atoms. The van der Waals surface area contributed by atoms with Gasteiger partial charge in [-0.1, -0.05) is 205 Å². The van der Waals surface area contributed by atoms with Crippen LogP contribution in [0, 0.1) is 41.5 Å². The number of rotatable bonds is 2. The van der Waals surface area contributed by atoms with E-state index < -0.39 is 0 Å². The van der Waals surface area contributed by atoms with Crippen molar-refractivity contribution in [2.45, 2.75) is 61.3 Å². The van der Waals surface area contributed by atoms with Crippen molar-refractivity contribution in [1.82, 2.24) is 0 Å². The summed E-state index contributed by atoms with van der Waals surface area (Å²) in [4.78, 5) is 1.58. The molecule has 0 saturated heterocycles. The summed E-state index contributed by atoms with van der Waals surface area (Å²) < 4.78 is 1.44. The molecule has 62 heavy (non-hydrogen) atoms.